The van der Waals surface area contributed by atoms with Crippen LogP contribution in [0.5, 0.6) is 0 Å². The van der Waals surface area contributed by atoms with Crippen molar-refractivity contribution < 1.29 is 0 Å². The molecule has 86 valence electrons. The largest absolute Gasteiger partial charge is 0.307 e. The zero-order valence-electron chi connectivity index (χ0n) is 9.62. The minimum atomic E-state index is 0.174. The minimum Gasteiger partial charge on any atom is -0.303 e. The smallest absolute Gasteiger partial charge is 0.303 e. The van der Waals surface area contributed by atoms with Crippen LogP contribution in [0.2, 0.25) is 0 Å². The highest BCUT2D eigenvalue weighted by molar-refractivity contribution is 7.80. The van der Waals surface area contributed by atoms with E-state index in [2.05, 4.69) is 19.6 Å². The van der Waals surface area contributed by atoms with E-state index in [9.17, 15) is 4.79 Å². The Morgan fingerprint density at radius 1 is 1.47 bits per heavy atom. The topological polar surface area (TPSA) is 22.0 Å². The number of aryl methyl sites for hydroxylation is 1. The molecule has 0 amide bonds. The number of nitrogens with zero attached hydrogens (tertiary/aromatic N) is 1. The number of rotatable bonds is 5. The van der Waals surface area contributed by atoms with Gasteiger partial charge in [-0.25, -0.2) is 0 Å². The first kappa shape index (κ1) is 12.8. The van der Waals surface area contributed by atoms with Crippen molar-refractivity contribution in [3.63, 3.8) is 0 Å². The van der Waals surface area contributed by atoms with Crippen molar-refractivity contribution in [2.75, 3.05) is 5.75 Å². The van der Waals surface area contributed by atoms with Gasteiger partial charge in [-0.05, 0) is 31.9 Å². The van der Waals surface area contributed by atoms with E-state index in [1.807, 2.05) is 18.4 Å². The maximum atomic E-state index is 11.7. The van der Waals surface area contributed by atoms with Gasteiger partial charge in [0.2, 0.25) is 0 Å². The Morgan fingerprint density at radius 2 is 2.13 bits per heavy atom. The van der Waals surface area contributed by atoms with Crippen LogP contribution < -0.4 is 4.87 Å². The molecule has 1 heterocycles. The van der Waals surface area contributed by atoms with Crippen LogP contribution in [0.25, 0.3) is 0 Å². The first-order chi connectivity index (χ1) is 7.10. The number of hydrogen-bond acceptors (Lipinski definition) is 3. The lowest BCUT2D eigenvalue weighted by molar-refractivity contribution is 0.445. The van der Waals surface area contributed by atoms with Gasteiger partial charge in [0.1, 0.15) is 0 Å². The standard InChI is InChI=1S/C11H19NOS2/c1-4-5-10(7-14)6-12-8(2)9(3)15-11(12)13/h10,14H,4-7H2,1-3H3. The van der Waals surface area contributed by atoms with Gasteiger partial charge in [0.25, 0.3) is 0 Å². The monoisotopic (exact) mass is 245 g/mol. The van der Waals surface area contributed by atoms with E-state index < -0.39 is 0 Å². The quantitative estimate of drug-likeness (QED) is 0.792. The van der Waals surface area contributed by atoms with E-state index in [0.29, 0.717) is 5.92 Å². The molecule has 1 atom stereocenters. The third-order valence-electron chi connectivity index (χ3n) is 2.77. The molecule has 0 fully saturated rings. The molecule has 0 radical (unpaired) electrons. The van der Waals surface area contributed by atoms with Crippen molar-refractivity contribution in [1.82, 2.24) is 4.57 Å². The van der Waals surface area contributed by atoms with Gasteiger partial charge in [0.05, 0.1) is 0 Å². The molecule has 0 aliphatic rings. The molecular weight excluding hydrogens is 226 g/mol. The lowest BCUT2D eigenvalue weighted by atomic mass is 10.1. The summed E-state index contributed by atoms with van der Waals surface area (Å²) < 4.78 is 1.90. The summed E-state index contributed by atoms with van der Waals surface area (Å²) in [6.07, 6.45) is 2.30. The highest BCUT2D eigenvalue weighted by Crippen LogP contribution is 2.15. The number of thiol groups is 1. The third kappa shape index (κ3) is 3.11. The van der Waals surface area contributed by atoms with E-state index >= 15 is 0 Å². The molecule has 0 N–H and O–H groups in total. The first-order valence-corrected chi connectivity index (χ1v) is 6.82. The second-order valence-corrected chi connectivity index (χ2v) is 5.49. The normalized spacial score (nSPS) is 13.1. The molecule has 0 bridgehead atoms. The molecule has 1 rings (SSSR count). The number of aromatic nitrogens is 1. The Hall–Kier alpha value is -0.220. The molecule has 1 unspecified atom stereocenters. The summed E-state index contributed by atoms with van der Waals surface area (Å²) in [6.45, 7) is 7.03. The summed E-state index contributed by atoms with van der Waals surface area (Å²) in [7, 11) is 0. The summed E-state index contributed by atoms with van der Waals surface area (Å²) in [6, 6.07) is 0. The fourth-order valence-corrected chi connectivity index (χ4v) is 2.84. The highest BCUT2D eigenvalue weighted by Gasteiger charge is 2.12. The molecule has 0 aliphatic carbocycles. The van der Waals surface area contributed by atoms with Crippen LogP contribution in [-0.2, 0) is 6.54 Å². The Balaban J connectivity index is 2.83. The van der Waals surface area contributed by atoms with Gasteiger partial charge in [-0.1, -0.05) is 24.7 Å². The fourth-order valence-electron chi connectivity index (χ4n) is 1.71. The SMILES string of the molecule is CCCC(CS)Cn1c(C)c(C)sc1=O. The van der Waals surface area contributed by atoms with Gasteiger partial charge in [-0.2, -0.15) is 12.6 Å². The average Bonchev–Trinajstić information content (AvgIpc) is 2.44. The molecule has 0 aromatic carbocycles. The van der Waals surface area contributed by atoms with Gasteiger partial charge in [0, 0.05) is 17.1 Å². The summed E-state index contributed by atoms with van der Waals surface area (Å²) in [5.74, 6) is 1.37. The maximum Gasteiger partial charge on any atom is 0.307 e. The summed E-state index contributed by atoms with van der Waals surface area (Å²) in [4.78, 5) is 13.0. The lowest BCUT2D eigenvalue weighted by Crippen LogP contribution is -2.21. The molecular formula is C11H19NOS2. The third-order valence-corrected chi connectivity index (χ3v) is 4.28. The molecule has 4 heteroatoms. The van der Waals surface area contributed by atoms with E-state index in [-0.39, 0.29) is 4.87 Å². The lowest BCUT2D eigenvalue weighted by Gasteiger charge is -2.14. The van der Waals surface area contributed by atoms with Gasteiger partial charge in [-0.15, -0.1) is 0 Å². The summed E-state index contributed by atoms with van der Waals surface area (Å²) in [5.41, 5.74) is 1.12. The molecule has 0 saturated carbocycles. The van der Waals surface area contributed by atoms with Crippen LogP contribution in [-0.4, -0.2) is 10.3 Å². The Kier molecular flexibility index (Phi) is 4.93. The molecule has 1 aromatic heterocycles. The second-order valence-electron chi connectivity index (χ2n) is 3.96. The minimum absolute atomic E-state index is 0.174. The molecule has 2 nitrogen and oxygen atoms in total. The molecule has 0 aliphatic heterocycles. The first-order valence-electron chi connectivity index (χ1n) is 5.37. The van der Waals surface area contributed by atoms with Crippen molar-refractivity contribution in [3.05, 3.63) is 20.2 Å². The van der Waals surface area contributed by atoms with E-state index in [4.69, 9.17) is 0 Å². The van der Waals surface area contributed by atoms with Crippen molar-refractivity contribution in [2.24, 2.45) is 5.92 Å². The van der Waals surface area contributed by atoms with Crippen LogP contribution >= 0.6 is 24.0 Å². The predicted molar refractivity (Wildman–Crippen MR) is 70.3 cm³/mol. The molecule has 15 heavy (non-hydrogen) atoms. The number of thiazole rings is 1. The van der Waals surface area contributed by atoms with Crippen molar-refractivity contribution in [1.29, 1.82) is 0 Å². The van der Waals surface area contributed by atoms with Crippen molar-refractivity contribution in [2.45, 2.75) is 40.2 Å². The van der Waals surface area contributed by atoms with Crippen LogP contribution in [0.3, 0.4) is 0 Å². The predicted octanol–water partition coefficient (Wildman–Crippen LogP) is 2.87. The van der Waals surface area contributed by atoms with Gasteiger partial charge < -0.3 is 4.57 Å². The summed E-state index contributed by atoms with van der Waals surface area (Å²) >= 11 is 5.69. The molecule has 0 saturated heterocycles. The van der Waals surface area contributed by atoms with E-state index in [1.54, 1.807) is 0 Å². The van der Waals surface area contributed by atoms with E-state index in [1.165, 1.54) is 11.3 Å². The zero-order valence-corrected chi connectivity index (χ0v) is 11.3. The van der Waals surface area contributed by atoms with Crippen molar-refractivity contribution in [3.8, 4) is 0 Å². The van der Waals surface area contributed by atoms with Crippen LogP contribution in [0.1, 0.15) is 30.3 Å². The van der Waals surface area contributed by atoms with Crippen LogP contribution in [0, 0.1) is 19.8 Å². The Labute approximate surface area is 101 Å². The molecule has 1 aromatic rings. The Morgan fingerprint density at radius 3 is 2.53 bits per heavy atom. The highest BCUT2D eigenvalue weighted by atomic mass is 32.1. The number of hydrogen-bond donors (Lipinski definition) is 1. The Bertz CT molecular complexity index is 367. The van der Waals surface area contributed by atoms with Gasteiger partial charge >= 0.3 is 4.87 Å². The maximum absolute atomic E-state index is 11.7. The van der Waals surface area contributed by atoms with Gasteiger partial charge in [0.15, 0.2) is 0 Å². The zero-order chi connectivity index (χ0) is 11.4. The average molecular weight is 245 g/mol. The van der Waals surface area contributed by atoms with Crippen molar-refractivity contribution >= 4 is 24.0 Å². The van der Waals surface area contributed by atoms with Crippen LogP contribution in [0.15, 0.2) is 4.79 Å². The second kappa shape index (κ2) is 5.75. The van der Waals surface area contributed by atoms with E-state index in [0.717, 1.165) is 35.7 Å². The summed E-state index contributed by atoms with van der Waals surface area (Å²) in [5, 5.41) is 0. The van der Waals surface area contributed by atoms with Gasteiger partial charge in [-0.3, -0.25) is 4.79 Å². The van der Waals surface area contributed by atoms with Crippen LogP contribution in [0.4, 0.5) is 0 Å². The fraction of sp³-hybridized carbons (Fsp3) is 0.727. The molecule has 0 spiro atoms.